The van der Waals surface area contributed by atoms with Gasteiger partial charge in [-0.2, -0.15) is 0 Å². The highest BCUT2D eigenvalue weighted by Gasteiger charge is 2.46. The summed E-state index contributed by atoms with van der Waals surface area (Å²) in [7, 11) is 0. The predicted octanol–water partition coefficient (Wildman–Crippen LogP) is 3.53. The Morgan fingerprint density at radius 2 is 1.88 bits per heavy atom. The van der Waals surface area contributed by atoms with Crippen LogP contribution < -0.4 is 4.90 Å². The second-order valence-electron chi connectivity index (χ2n) is 6.77. The third-order valence-electron chi connectivity index (χ3n) is 5.24. The Balaban J connectivity index is 1.55. The van der Waals surface area contributed by atoms with Crippen LogP contribution in [0, 0.1) is 6.92 Å². The molecule has 1 atom stereocenters. The summed E-state index contributed by atoms with van der Waals surface area (Å²) in [6.07, 6.45) is 0.695. The number of anilines is 1. The summed E-state index contributed by atoms with van der Waals surface area (Å²) in [6.45, 7) is 2.69. The fourth-order valence-electron chi connectivity index (χ4n) is 3.93. The van der Waals surface area contributed by atoms with Crippen molar-refractivity contribution in [1.82, 2.24) is 9.88 Å². The lowest BCUT2D eigenvalue weighted by molar-refractivity contribution is -0.119. The first kappa shape index (κ1) is 14.7. The van der Waals surface area contributed by atoms with Crippen molar-refractivity contribution < 1.29 is 4.79 Å². The molecular weight excluding hydrogens is 330 g/mol. The topological polar surface area (TPSA) is 39.3 Å². The molecule has 2 aliphatic heterocycles. The molecule has 0 unspecified atom stereocenters. The second-order valence-corrected chi connectivity index (χ2v) is 7.13. The van der Waals surface area contributed by atoms with E-state index in [0.29, 0.717) is 18.1 Å². The highest BCUT2D eigenvalue weighted by atomic mass is 32.1. The lowest BCUT2D eigenvalue weighted by Gasteiger charge is -2.28. The number of nitrogens with zero attached hydrogens (tertiary/aromatic N) is 2. The van der Waals surface area contributed by atoms with Gasteiger partial charge >= 0.3 is 0 Å². The zero-order valence-electron chi connectivity index (χ0n) is 13.8. The third kappa shape index (κ3) is 2.05. The van der Waals surface area contributed by atoms with Crippen LogP contribution in [0.2, 0.25) is 0 Å². The third-order valence-corrected chi connectivity index (χ3v) is 5.66. The Hall–Kier alpha value is -2.66. The highest BCUT2D eigenvalue weighted by Crippen LogP contribution is 2.36. The van der Waals surface area contributed by atoms with E-state index in [-0.39, 0.29) is 11.9 Å². The van der Waals surface area contributed by atoms with Crippen LogP contribution in [-0.2, 0) is 17.8 Å². The van der Waals surface area contributed by atoms with Crippen molar-refractivity contribution in [2.75, 3.05) is 4.90 Å². The van der Waals surface area contributed by atoms with Crippen LogP contribution in [0.5, 0.6) is 0 Å². The number of para-hydroxylation sites is 1. The van der Waals surface area contributed by atoms with Crippen LogP contribution in [0.4, 0.5) is 5.69 Å². The minimum atomic E-state index is -0.208. The molecule has 1 saturated heterocycles. The molecule has 0 radical (unpaired) electrons. The normalized spacial score (nSPS) is 19.5. The predicted molar refractivity (Wildman–Crippen MR) is 103 cm³/mol. The Kier molecular flexibility index (Phi) is 3.03. The lowest BCUT2D eigenvalue weighted by atomic mass is 9.97. The summed E-state index contributed by atoms with van der Waals surface area (Å²) < 4.78 is 0. The fourth-order valence-corrected chi connectivity index (χ4v) is 4.32. The minimum absolute atomic E-state index is 0.0739. The summed E-state index contributed by atoms with van der Waals surface area (Å²) >= 11 is 5.66. The van der Waals surface area contributed by atoms with Gasteiger partial charge in [0.05, 0.1) is 12.2 Å². The number of hydrogen-bond donors (Lipinski definition) is 1. The van der Waals surface area contributed by atoms with Crippen LogP contribution in [0.1, 0.15) is 16.8 Å². The van der Waals surface area contributed by atoms with E-state index in [1.807, 2.05) is 43.3 Å². The van der Waals surface area contributed by atoms with Gasteiger partial charge in [0.1, 0.15) is 6.04 Å². The number of benzene rings is 2. The molecule has 2 aliphatic rings. The molecule has 4 nitrogen and oxygen atoms in total. The average molecular weight is 347 g/mol. The number of aromatic nitrogens is 1. The summed E-state index contributed by atoms with van der Waals surface area (Å²) in [6, 6.07) is 16.0. The molecule has 5 heteroatoms. The molecule has 1 N–H and O–H groups in total. The van der Waals surface area contributed by atoms with Gasteiger partial charge in [-0.05, 0) is 42.9 Å². The Labute approximate surface area is 151 Å². The molecule has 25 heavy (non-hydrogen) atoms. The number of thiocarbonyl (C=S) groups is 1. The number of aromatic amines is 1. The minimum Gasteiger partial charge on any atom is -0.357 e. The number of fused-ring (bicyclic) bond motifs is 4. The van der Waals surface area contributed by atoms with Gasteiger partial charge in [0.25, 0.3) is 5.91 Å². The van der Waals surface area contributed by atoms with Crippen molar-refractivity contribution in [3.63, 3.8) is 0 Å². The number of rotatable bonds is 1. The van der Waals surface area contributed by atoms with E-state index in [1.165, 1.54) is 22.2 Å². The number of aryl methyl sites for hydroxylation is 1. The van der Waals surface area contributed by atoms with E-state index in [9.17, 15) is 4.79 Å². The van der Waals surface area contributed by atoms with Gasteiger partial charge in [-0.1, -0.05) is 35.9 Å². The smallest absolute Gasteiger partial charge is 0.256 e. The van der Waals surface area contributed by atoms with Crippen LogP contribution in [0.25, 0.3) is 10.9 Å². The van der Waals surface area contributed by atoms with Crippen molar-refractivity contribution in [2.45, 2.75) is 25.9 Å². The molecule has 0 spiro atoms. The molecule has 2 aromatic carbocycles. The van der Waals surface area contributed by atoms with Crippen molar-refractivity contribution >= 4 is 39.8 Å². The Bertz CT molecular complexity index is 1020. The maximum Gasteiger partial charge on any atom is 0.256 e. The van der Waals surface area contributed by atoms with Crippen molar-refractivity contribution in [1.29, 1.82) is 0 Å². The molecule has 3 aromatic rings. The average Bonchev–Trinajstić information content (AvgIpc) is 3.10. The van der Waals surface area contributed by atoms with Gasteiger partial charge in [-0.3, -0.25) is 9.69 Å². The summed E-state index contributed by atoms with van der Waals surface area (Å²) in [4.78, 5) is 20.3. The largest absolute Gasteiger partial charge is 0.357 e. The summed E-state index contributed by atoms with van der Waals surface area (Å²) in [5.41, 5.74) is 5.56. The van der Waals surface area contributed by atoms with Crippen molar-refractivity contribution in [3.05, 3.63) is 65.4 Å². The van der Waals surface area contributed by atoms with Gasteiger partial charge in [0, 0.05) is 23.0 Å². The fraction of sp³-hybridized carbons (Fsp3) is 0.200. The van der Waals surface area contributed by atoms with Crippen LogP contribution >= 0.6 is 12.2 Å². The number of H-pyrrole nitrogens is 1. The van der Waals surface area contributed by atoms with E-state index in [1.54, 1.807) is 4.90 Å². The van der Waals surface area contributed by atoms with Gasteiger partial charge in [0.15, 0.2) is 5.11 Å². The first-order valence-electron chi connectivity index (χ1n) is 8.43. The van der Waals surface area contributed by atoms with Gasteiger partial charge in [-0.15, -0.1) is 0 Å². The van der Waals surface area contributed by atoms with E-state index in [0.717, 1.165) is 11.2 Å². The molecule has 3 heterocycles. The quantitative estimate of drug-likeness (QED) is 0.685. The molecule has 1 aromatic heterocycles. The molecule has 0 bridgehead atoms. The maximum atomic E-state index is 13.1. The van der Waals surface area contributed by atoms with Crippen LogP contribution in [-0.4, -0.2) is 26.9 Å². The summed E-state index contributed by atoms with van der Waals surface area (Å²) in [5, 5.41) is 1.81. The Morgan fingerprint density at radius 1 is 1.12 bits per heavy atom. The van der Waals surface area contributed by atoms with Gasteiger partial charge < -0.3 is 9.88 Å². The zero-order valence-corrected chi connectivity index (χ0v) is 14.6. The SMILES string of the molecule is Cc1ccc(N2C(=O)[C@H]3Cc4c([nH]c5ccccc45)CN3C2=S)cc1. The van der Waals surface area contributed by atoms with E-state index < -0.39 is 0 Å². The number of nitrogens with one attached hydrogen (secondary N) is 1. The van der Waals surface area contributed by atoms with Crippen molar-refractivity contribution in [2.24, 2.45) is 0 Å². The standard InChI is InChI=1S/C20H17N3OS/c1-12-6-8-13(9-7-12)23-19(24)18-10-15-14-4-2-3-5-16(14)21-17(15)11-22(18)20(23)25/h2-9,18,21H,10-11H2,1H3/t18-/m1/s1. The highest BCUT2D eigenvalue weighted by molar-refractivity contribution is 7.80. The van der Waals surface area contributed by atoms with E-state index in [2.05, 4.69) is 22.0 Å². The van der Waals surface area contributed by atoms with Gasteiger partial charge in [-0.25, -0.2) is 0 Å². The molecule has 0 saturated carbocycles. The zero-order chi connectivity index (χ0) is 17.1. The molecular formula is C20H17N3OS. The first-order chi connectivity index (χ1) is 12.1. The summed E-state index contributed by atoms with van der Waals surface area (Å²) in [5.74, 6) is 0.0739. The van der Waals surface area contributed by atoms with E-state index in [4.69, 9.17) is 12.2 Å². The van der Waals surface area contributed by atoms with Crippen molar-refractivity contribution in [3.8, 4) is 0 Å². The molecule has 124 valence electrons. The monoisotopic (exact) mass is 347 g/mol. The second kappa shape index (κ2) is 5.17. The number of amides is 1. The lowest BCUT2D eigenvalue weighted by Crippen LogP contribution is -2.39. The van der Waals surface area contributed by atoms with Crippen LogP contribution in [0.15, 0.2) is 48.5 Å². The number of carbonyl (C=O) groups is 1. The first-order valence-corrected chi connectivity index (χ1v) is 8.84. The maximum absolute atomic E-state index is 13.1. The molecule has 1 amide bonds. The van der Waals surface area contributed by atoms with Crippen LogP contribution in [0.3, 0.4) is 0 Å². The van der Waals surface area contributed by atoms with Gasteiger partial charge in [0.2, 0.25) is 0 Å². The molecule has 5 rings (SSSR count). The molecule has 0 aliphatic carbocycles. The number of hydrogen-bond acceptors (Lipinski definition) is 2. The molecule has 1 fully saturated rings. The van der Waals surface area contributed by atoms with E-state index >= 15 is 0 Å². The number of carbonyl (C=O) groups excluding carboxylic acids is 1. The Morgan fingerprint density at radius 3 is 2.68 bits per heavy atom.